The van der Waals surface area contributed by atoms with Gasteiger partial charge in [-0.05, 0) is 37.3 Å². The number of ether oxygens (including phenoxy) is 1. The van der Waals surface area contributed by atoms with Gasteiger partial charge in [0.25, 0.3) is 0 Å². The van der Waals surface area contributed by atoms with Crippen LogP contribution in [0.25, 0.3) is 0 Å². The first-order chi connectivity index (χ1) is 13.6. The second-order valence-corrected chi connectivity index (χ2v) is 9.96. The smallest absolute Gasteiger partial charge is 0.313 e. The fraction of sp³-hybridized carbons (Fsp3) is 0.619. The van der Waals surface area contributed by atoms with Gasteiger partial charge >= 0.3 is 11.9 Å². The molecule has 0 saturated carbocycles. The van der Waals surface area contributed by atoms with E-state index in [1.54, 1.807) is 26.0 Å². The van der Waals surface area contributed by atoms with Crippen LogP contribution in [-0.4, -0.2) is 55.8 Å². The quantitative estimate of drug-likeness (QED) is 0.366. The third-order valence-corrected chi connectivity index (χ3v) is 6.93. The van der Waals surface area contributed by atoms with Crippen LogP contribution in [0.3, 0.4) is 0 Å². The van der Waals surface area contributed by atoms with Gasteiger partial charge in [-0.15, -0.1) is 0 Å². The molecule has 2 N–H and O–H groups in total. The van der Waals surface area contributed by atoms with E-state index in [-0.39, 0.29) is 30.0 Å². The van der Waals surface area contributed by atoms with E-state index in [9.17, 15) is 23.1 Å². The molecule has 8 heteroatoms. The summed E-state index contributed by atoms with van der Waals surface area (Å²) in [7, 11) is -1.91. The van der Waals surface area contributed by atoms with Crippen LogP contribution in [0.5, 0.6) is 0 Å². The standard InChI is InChI=1S/C21H32O7S/c1-16(19(23)28-3)14-17-8-7-9-18(15-17)21(2,20(24)25)10-5-4-6-12-29(26,27)13-11-22/h7-9,15-16,22H,4-6,10-14H2,1-3H3,(H,24,25)/t16-,21?/m0/s1. The molecule has 0 saturated heterocycles. The summed E-state index contributed by atoms with van der Waals surface area (Å²) >= 11 is 0. The zero-order chi connectivity index (χ0) is 22.1. The molecular formula is C21H32O7S. The van der Waals surface area contributed by atoms with Gasteiger partial charge < -0.3 is 14.9 Å². The lowest BCUT2D eigenvalue weighted by Crippen LogP contribution is -2.32. The number of unbranched alkanes of at least 4 members (excludes halogenated alkanes) is 2. The molecule has 0 spiro atoms. The molecule has 0 aliphatic carbocycles. The molecule has 7 nitrogen and oxygen atoms in total. The highest BCUT2D eigenvalue weighted by atomic mass is 32.2. The topological polar surface area (TPSA) is 118 Å². The molecule has 0 amide bonds. The van der Waals surface area contributed by atoms with E-state index in [1.165, 1.54) is 7.11 Å². The summed E-state index contributed by atoms with van der Waals surface area (Å²) in [5.41, 5.74) is 0.421. The number of aliphatic carboxylic acids is 1. The lowest BCUT2D eigenvalue weighted by Gasteiger charge is -2.26. The number of carbonyl (C=O) groups excluding carboxylic acids is 1. The van der Waals surface area contributed by atoms with Crippen LogP contribution in [0, 0.1) is 5.92 Å². The van der Waals surface area contributed by atoms with E-state index in [1.807, 2.05) is 12.1 Å². The van der Waals surface area contributed by atoms with Crippen LogP contribution in [-0.2, 0) is 36.0 Å². The van der Waals surface area contributed by atoms with Crippen molar-refractivity contribution >= 4 is 21.8 Å². The summed E-state index contributed by atoms with van der Waals surface area (Å²) in [6, 6.07) is 7.24. The minimum atomic E-state index is -3.25. The fourth-order valence-electron chi connectivity index (χ4n) is 3.27. The van der Waals surface area contributed by atoms with Gasteiger partial charge in [0.1, 0.15) is 0 Å². The zero-order valence-electron chi connectivity index (χ0n) is 17.4. The van der Waals surface area contributed by atoms with Crippen LogP contribution < -0.4 is 0 Å². The van der Waals surface area contributed by atoms with Gasteiger partial charge in [0.15, 0.2) is 9.84 Å². The third-order valence-electron chi connectivity index (χ3n) is 5.22. The van der Waals surface area contributed by atoms with Gasteiger partial charge in [0.05, 0.1) is 36.6 Å². The van der Waals surface area contributed by atoms with Crippen LogP contribution in [0.1, 0.15) is 50.7 Å². The maximum Gasteiger partial charge on any atom is 0.313 e. The molecule has 1 unspecified atom stereocenters. The Morgan fingerprint density at radius 1 is 1.17 bits per heavy atom. The van der Waals surface area contributed by atoms with Crippen LogP contribution in [0.4, 0.5) is 0 Å². The lowest BCUT2D eigenvalue weighted by atomic mass is 9.77. The normalized spacial score (nSPS) is 14.8. The van der Waals surface area contributed by atoms with E-state index < -0.39 is 21.2 Å². The number of sulfone groups is 1. The second-order valence-electron chi connectivity index (χ2n) is 7.65. The van der Waals surface area contributed by atoms with Crippen molar-refractivity contribution < 1.29 is 33.0 Å². The number of carboxylic acid groups (broad SMARTS) is 1. The Bertz CT molecular complexity index is 788. The number of hydrogen-bond acceptors (Lipinski definition) is 6. The summed E-state index contributed by atoms with van der Waals surface area (Å²) < 4.78 is 28.0. The fourth-order valence-corrected chi connectivity index (χ4v) is 4.40. The van der Waals surface area contributed by atoms with Crippen LogP contribution in [0.15, 0.2) is 24.3 Å². The number of aliphatic hydroxyl groups is 1. The van der Waals surface area contributed by atoms with Gasteiger partial charge in [-0.1, -0.05) is 44.0 Å². The van der Waals surface area contributed by atoms with Crippen molar-refractivity contribution in [1.82, 2.24) is 0 Å². The molecule has 0 heterocycles. The Hall–Kier alpha value is -1.93. The molecule has 0 aliphatic heterocycles. The van der Waals surface area contributed by atoms with E-state index in [0.717, 1.165) is 5.56 Å². The number of carbonyl (C=O) groups is 2. The predicted molar refractivity (Wildman–Crippen MR) is 111 cm³/mol. The number of methoxy groups -OCH3 is 1. The largest absolute Gasteiger partial charge is 0.481 e. The Morgan fingerprint density at radius 3 is 2.45 bits per heavy atom. The number of hydrogen-bond donors (Lipinski definition) is 2. The first-order valence-electron chi connectivity index (χ1n) is 9.77. The van der Waals surface area contributed by atoms with Crippen molar-refractivity contribution in [3.63, 3.8) is 0 Å². The maximum absolute atomic E-state index is 12.0. The highest BCUT2D eigenvalue weighted by Gasteiger charge is 2.34. The van der Waals surface area contributed by atoms with Crippen molar-refractivity contribution in [2.45, 2.75) is 51.4 Å². The monoisotopic (exact) mass is 428 g/mol. The molecule has 0 aliphatic rings. The molecule has 1 aromatic carbocycles. The molecule has 164 valence electrons. The number of rotatable bonds is 13. The zero-order valence-corrected chi connectivity index (χ0v) is 18.2. The van der Waals surface area contributed by atoms with Gasteiger partial charge in [-0.25, -0.2) is 8.42 Å². The van der Waals surface area contributed by atoms with E-state index in [4.69, 9.17) is 9.84 Å². The van der Waals surface area contributed by atoms with E-state index in [0.29, 0.717) is 37.7 Å². The average Bonchev–Trinajstić information content (AvgIpc) is 2.66. The van der Waals surface area contributed by atoms with Gasteiger partial charge in [-0.3, -0.25) is 9.59 Å². The lowest BCUT2D eigenvalue weighted by molar-refractivity contribution is -0.145. The van der Waals surface area contributed by atoms with Gasteiger partial charge in [0.2, 0.25) is 0 Å². The molecular weight excluding hydrogens is 396 g/mol. The Labute approximate surface area is 173 Å². The number of esters is 1. The molecule has 1 rings (SSSR count). The molecule has 0 radical (unpaired) electrons. The Morgan fingerprint density at radius 2 is 1.86 bits per heavy atom. The van der Waals surface area contributed by atoms with Gasteiger partial charge in [-0.2, -0.15) is 0 Å². The van der Waals surface area contributed by atoms with Crippen molar-refractivity contribution in [2.75, 3.05) is 25.2 Å². The van der Waals surface area contributed by atoms with E-state index >= 15 is 0 Å². The van der Waals surface area contributed by atoms with Crippen LogP contribution in [0.2, 0.25) is 0 Å². The average molecular weight is 429 g/mol. The number of aliphatic hydroxyl groups excluding tert-OH is 1. The number of carboxylic acids is 1. The highest BCUT2D eigenvalue weighted by molar-refractivity contribution is 7.91. The SMILES string of the molecule is COC(=O)[C@@H](C)Cc1cccc(C(C)(CCCCCS(=O)(=O)CCO)C(=O)O)c1. The summed E-state index contributed by atoms with van der Waals surface area (Å²) in [4.78, 5) is 23.7. The maximum atomic E-state index is 12.0. The van der Waals surface area contributed by atoms with Crippen molar-refractivity contribution in [1.29, 1.82) is 0 Å². The minimum Gasteiger partial charge on any atom is -0.481 e. The molecule has 2 atom stereocenters. The van der Waals surface area contributed by atoms with Crippen LogP contribution >= 0.6 is 0 Å². The summed E-state index contributed by atoms with van der Waals surface area (Å²) in [6.07, 6.45) is 2.43. The van der Waals surface area contributed by atoms with Crippen molar-refractivity contribution in [2.24, 2.45) is 5.92 Å². The Kier molecular flexibility index (Phi) is 9.79. The molecule has 0 aromatic heterocycles. The van der Waals surface area contributed by atoms with Crippen molar-refractivity contribution in [3.05, 3.63) is 35.4 Å². The molecule has 0 fully saturated rings. The number of benzene rings is 1. The Balaban J connectivity index is 2.79. The second kappa shape index (κ2) is 11.3. The van der Waals surface area contributed by atoms with Gasteiger partial charge in [0, 0.05) is 0 Å². The first-order valence-corrected chi connectivity index (χ1v) is 11.6. The minimum absolute atomic E-state index is 0.00174. The first kappa shape index (κ1) is 25.1. The highest BCUT2D eigenvalue weighted by Crippen LogP contribution is 2.31. The molecule has 29 heavy (non-hydrogen) atoms. The van der Waals surface area contributed by atoms with Crippen molar-refractivity contribution in [3.8, 4) is 0 Å². The summed E-state index contributed by atoms with van der Waals surface area (Å²) in [5.74, 6) is -1.82. The summed E-state index contributed by atoms with van der Waals surface area (Å²) in [5, 5.41) is 18.6. The molecule has 1 aromatic rings. The molecule has 0 bridgehead atoms. The predicted octanol–water partition coefficient (Wildman–Crippen LogP) is 2.35. The third kappa shape index (κ3) is 7.78. The van der Waals surface area contributed by atoms with E-state index in [2.05, 4.69) is 0 Å². The summed E-state index contributed by atoms with van der Waals surface area (Å²) in [6.45, 7) is 3.05.